The van der Waals surface area contributed by atoms with Crippen molar-refractivity contribution < 1.29 is 15.3 Å². The van der Waals surface area contributed by atoms with Crippen molar-refractivity contribution in [1.82, 2.24) is 5.32 Å². The number of nitrogens with one attached hydrogen (secondary N) is 1. The molecule has 0 aromatic heterocycles. The van der Waals surface area contributed by atoms with Crippen LogP contribution in [0.1, 0.15) is 49.3 Å². The summed E-state index contributed by atoms with van der Waals surface area (Å²) in [5, 5.41) is 33.4. The standard InChI is InChI=1S/C15H21NO3.BrH/c17-13-8-6-10-11(15(13)19)5-7-12(14(10)18)16-9-3-1-2-4-9;/h6,8-9,12,14,16-19H,1-5,7H2;1H. The number of phenols is 2. The third-order valence-corrected chi connectivity index (χ3v) is 4.51. The first kappa shape index (κ1) is 15.6. The van der Waals surface area contributed by atoms with Gasteiger partial charge in [0.15, 0.2) is 11.5 Å². The minimum absolute atomic E-state index is 0. The Morgan fingerprint density at radius 3 is 2.45 bits per heavy atom. The van der Waals surface area contributed by atoms with E-state index in [2.05, 4.69) is 5.32 Å². The Balaban J connectivity index is 0.00000147. The summed E-state index contributed by atoms with van der Waals surface area (Å²) in [6.45, 7) is 0. The van der Waals surface area contributed by atoms with Crippen LogP contribution in [0.25, 0.3) is 0 Å². The Labute approximate surface area is 129 Å². The van der Waals surface area contributed by atoms with Gasteiger partial charge in [-0.15, -0.1) is 17.0 Å². The number of hydrogen-bond donors (Lipinski definition) is 4. The van der Waals surface area contributed by atoms with Crippen molar-refractivity contribution in [3.05, 3.63) is 23.3 Å². The molecule has 0 heterocycles. The second-order valence-electron chi connectivity index (χ2n) is 5.74. The quantitative estimate of drug-likeness (QED) is 0.622. The molecule has 0 aliphatic heterocycles. The van der Waals surface area contributed by atoms with Crippen LogP contribution in [-0.2, 0) is 6.42 Å². The van der Waals surface area contributed by atoms with Gasteiger partial charge < -0.3 is 20.6 Å². The lowest BCUT2D eigenvalue weighted by atomic mass is 9.84. The van der Waals surface area contributed by atoms with Crippen molar-refractivity contribution in [2.75, 3.05) is 0 Å². The molecule has 2 atom stereocenters. The van der Waals surface area contributed by atoms with Crippen molar-refractivity contribution in [3.8, 4) is 11.5 Å². The number of fused-ring (bicyclic) bond motifs is 1. The van der Waals surface area contributed by atoms with Gasteiger partial charge in [0.05, 0.1) is 6.10 Å². The van der Waals surface area contributed by atoms with Gasteiger partial charge >= 0.3 is 0 Å². The third kappa shape index (κ3) is 2.80. The van der Waals surface area contributed by atoms with E-state index >= 15 is 0 Å². The monoisotopic (exact) mass is 343 g/mol. The van der Waals surface area contributed by atoms with Crippen LogP contribution < -0.4 is 5.32 Å². The summed E-state index contributed by atoms with van der Waals surface area (Å²) in [7, 11) is 0. The van der Waals surface area contributed by atoms with E-state index in [1.807, 2.05) is 0 Å². The molecule has 0 bridgehead atoms. The van der Waals surface area contributed by atoms with Crippen molar-refractivity contribution in [2.45, 2.75) is 56.7 Å². The Morgan fingerprint density at radius 1 is 1.05 bits per heavy atom. The molecule has 5 heteroatoms. The smallest absolute Gasteiger partial charge is 0.161 e. The molecule has 112 valence electrons. The van der Waals surface area contributed by atoms with Gasteiger partial charge in [0.2, 0.25) is 0 Å². The fraction of sp³-hybridized carbons (Fsp3) is 0.600. The second kappa shape index (κ2) is 6.33. The summed E-state index contributed by atoms with van der Waals surface area (Å²) in [4.78, 5) is 0. The number of aliphatic hydroxyl groups is 1. The molecule has 2 aliphatic carbocycles. The topological polar surface area (TPSA) is 72.7 Å². The van der Waals surface area contributed by atoms with Crippen LogP contribution in [0.3, 0.4) is 0 Å². The van der Waals surface area contributed by atoms with Crippen molar-refractivity contribution in [3.63, 3.8) is 0 Å². The third-order valence-electron chi connectivity index (χ3n) is 4.51. The lowest BCUT2D eigenvalue weighted by molar-refractivity contribution is 0.107. The van der Waals surface area contributed by atoms with Gasteiger partial charge in [0, 0.05) is 17.6 Å². The van der Waals surface area contributed by atoms with Crippen molar-refractivity contribution in [2.24, 2.45) is 0 Å². The van der Waals surface area contributed by atoms with Gasteiger partial charge in [-0.3, -0.25) is 0 Å². The van der Waals surface area contributed by atoms with E-state index in [1.165, 1.54) is 31.7 Å². The van der Waals surface area contributed by atoms with E-state index in [9.17, 15) is 15.3 Å². The number of phenolic OH excluding ortho intramolecular Hbond substituents is 2. The molecule has 0 amide bonds. The molecule has 1 fully saturated rings. The van der Waals surface area contributed by atoms with Crippen LogP contribution in [0.2, 0.25) is 0 Å². The SMILES string of the molecule is Br.Oc1ccc2c(c1O)CCC(NC1CCCC1)C2O. The molecule has 4 N–H and O–H groups in total. The zero-order chi connectivity index (χ0) is 13.4. The summed E-state index contributed by atoms with van der Waals surface area (Å²) in [6, 6.07) is 3.75. The highest BCUT2D eigenvalue weighted by Gasteiger charge is 2.32. The molecule has 4 nitrogen and oxygen atoms in total. The van der Waals surface area contributed by atoms with Gasteiger partial charge in [-0.25, -0.2) is 0 Å². The maximum absolute atomic E-state index is 10.4. The van der Waals surface area contributed by atoms with E-state index in [4.69, 9.17) is 0 Å². The molecular weight excluding hydrogens is 322 g/mol. The number of aliphatic hydroxyl groups excluding tert-OH is 1. The Morgan fingerprint density at radius 2 is 1.75 bits per heavy atom. The van der Waals surface area contributed by atoms with E-state index in [-0.39, 0.29) is 34.5 Å². The zero-order valence-electron chi connectivity index (χ0n) is 11.4. The minimum Gasteiger partial charge on any atom is -0.504 e. The van der Waals surface area contributed by atoms with Crippen molar-refractivity contribution in [1.29, 1.82) is 0 Å². The van der Waals surface area contributed by atoms with E-state index in [0.29, 0.717) is 18.0 Å². The van der Waals surface area contributed by atoms with Gasteiger partial charge in [-0.2, -0.15) is 0 Å². The molecule has 2 aliphatic rings. The second-order valence-corrected chi connectivity index (χ2v) is 5.74. The first-order valence-corrected chi connectivity index (χ1v) is 7.14. The minimum atomic E-state index is -0.601. The van der Waals surface area contributed by atoms with Crippen molar-refractivity contribution >= 4 is 17.0 Å². The maximum atomic E-state index is 10.4. The van der Waals surface area contributed by atoms with Crippen LogP contribution in [0.5, 0.6) is 11.5 Å². The number of halogens is 1. The van der Waals surface area contributed by atoms with Gasteiger partial charge in [0.1, 0.15) is 0 Å². The summed E-state index contributed by atoms with van der Waals surface area (Å²) in [5.74, 6) is -0.177. The molecular formula is C15H22BrNO3. The van der Waals surface area contributed by atoms with E-state index in [1.54, 1.807) is 6.07 Å². The van der Waals surface area contributed by atoms with Crippen LogP contribution >= 0.6 is 17.0 Å². The number of rotatable bonds is 2. The number of hydrogen-bond acceptors (Lipinski definition) is 4. The summed E-state index contributed by atoms with van der Waals surface area (Å²) >= 11 is 0. The molecule has 0 saturated heterocycles. The van der Waals surface area contributed by atoms with Gasteiger partial charge in [-0.1, -0.05) is 18.9 Å². The maximum Gasteiger partial charge on any atom is 0.161 e. The highest BCUT2D eigenvalue weighted by molar-refractivity contribution is 8.93. The summed E-state index contributed by atoms with van der Waals surface area (Å²) < 4.78 is 0. The Hall–Kier alpha value is -0.780. The summed E-state index contributed by atoms with van der Waals surface area (Å²) in [6.07, 6.45) is 5.81. The fourth-order valence-electron chi connectivity index (χ4n) is 3.42. The molecule has 0 radical (unpaired) electrons. The molecule has 1 aromatic rings. The summed E-state index contributed by atoms with van der Waals surface area (Å²) in [5.41, 5.74) is 1.44. The lowest BCUT2D eigenvalue weighted by Crippen LogP contribution is -2.43. The predicted octanol–water partition coefficient (Wildman–Crippen LogP) is 2.56. The predicted molar refractivity (Wildman–Crippen MR) is 82.6 cm³/mol. The average molecular weight is 344 g/mol. The molecule has 1 saturated carbocycles. The van der Waals surface area contributed by atoms with E-state index in [0.717, 1.165) is 12.0 Å². The number of benzene rings is 1. The first-order valence-electron chi connectivity index (χ1n) is 7.14. The molecule has 1 aromatic carbocycles. The number of aromatic hydroxyl groups is 2. The van der Waals surface area contributed by atoms with Crippen LogP contribution in [0, 0.1) is 0 Å². The molecule has 2 unspecified atom stereocenters. The van der Waals surface area contributed by atoms with Gasteiger partial charge in [-0.05, 0) is 37.3 Å². The first-order chi connectivity index (χ1) is 9.16. The Kier molecular flexibility index (Phi) is 4.94. The highest BCUT2D eigenvalue weighted by atomic mass is 79.9. The molecule has 0 spiro atoms. The van der Waals surface area contributed by atoms with E-state index < -0.39 is 6.10 Å². The largest absolute Gasteiger partial charge is 0.504 e. The lowest BCUT2D eigenvalue weighted by Gasteiger charge is -2.33. The van der Waals surface area contributed by atoms with Crippen LogP contribution in [0.4, 0.5) is 0 Å². The Bertz CT molecular complexity index is 474. The normalized spacial score (nSPS) is 26.1. The fourth-order valence-corrected chi connectivity index (χ4v) is 3.42. The average Bonchev–Trinajstić information content (AvgIpc) is 2.90. The molecule has 3 rings (SSSR count). The van der Waals surface area contributed by atoms with Gasteiger partial charge in [0.25, 0.3) is 0 Å². The molecule has 20 heavy (non-hydrogen) atoms. The van der Waals surface area contributed by atoms with Crippen LogP contribution in [0.15, 0.2) is 12.1 Å². The highest BCUT2D eigenvalue weighted by Crippen LogP contribution is 2.40. The zero-order valence-corrected chi connectivity index (χ0v) is 13.1. The van der Waals surface area contributed by atoms with Crippen LogP contribution in [-0.4, -0.2) is 27.4 Å².